The number of rotatable bonds is 2. The molecule has 0 unspecified atom stereocenters. The molecule has 106 valence electrons. The number of nitrogens with two attached hydrogens (primary N) is 1. The number of aromatic nitrogens is 1. The molecule has 0 saturated heterocycles. The minimum Gasteiger partial charge on any atom is -0.397 e. The molecule has 2 heterocycles. The summed E-state index contributed by atoms with van der Waals surface area (Å²) in [7, 11) is 0. The van der Waals surface area contributed by atoms with E-state index in [0.717, 1.165) is 31.9 Å². The number of anilines is 1. The minimum atomic E-state index is -0.410. The van der Waals surface area contributed by atoms with Gasteiger partial charge in [0.2, 0.25) is 0 Å². The van der Waals surface area contributed by atoms with Crippen LogP contribution in [0.2, 0.25) is 0 Å². The Kier molecular flexibility index (Phi) is 3.10. The number of non-ortho nitro benzene ring substituents is 1. The maximum Gasteiger partial charge on any atom is 0.269 e. The van der Waals surface area contributed by atoms with Gasteiger partial charge in [0, 0.05) is 23.2 Å². The predicted octanol–water partition coefficient (Wildman–Crippen LogP) is 4.07. The molecule has 0 aliphatic carbocycles. The number of benzene rings is 1. The molecule has 0 bridgehead atoms. The lowest BCUT2D eigenvalue weighted by molar-refractivity contribution is -0.384. The second kappa shape index (κ2) is 4.82. The first kappa shape index (κ1) is 13.5. The fourth-order valence-corrected chi connectivity index (χ4v) is 3.64. The van der Waals surface area contributed by atoms with Gasteiger partial charge in [0.1, 0.15) is 4.83 Å². The highest BCUT2D eigenvalue weighted by Crippen LogP contribution is 2.41. The van der Waals surface area contributed by atoms with Crippen molar-refractivity contribution in [2.45, 2.75) is 13.8 Å². The van der Waals surface area contributed by atoms with E-state index in [1.165, 1.54) is 23.5 Å². The maximum atomic E-state index is 10.7. The van der Waals surface area contributed by atoms with Gasteiger partial charge in [-0.25, -0.2) is 4.98 Å². The van der Waals surface area contributed by atoms with Gasteiger partial charge in [-0.15, -0.1) is 11.3 Å². The minimum absolute atomic E-state index is 0.0728. The van der Waals surface area contributed by atoms with Crippen LogP contribution in [-0.2, 0) is 0 Å². The molecular formula is C15H13N3O2S. The van der Waals surface area contributed by atoms with Crippen molar-refractivity contribution < 1.29 is 4.92 Å². The molecule has 0 spiro atoms. The molecule has 0 aliphatic rings. The van der Waals surface area contributed by atoms with Crippen molar-refractivity contribution in [1.82, 2.24) is 4.98 Å². The Labute approximate surface area is 125 Å². The molecule has 3 aromatic rings. The number of hydrogen-bond acceptors (Lipinski definition) is 5. The monoisotopic (exact) mass is 299 g/mol. The summed E-state index contributed by atoms with van der Waals surface area (Å²) in [6.45, 7) is 3.97. The van der Waals surface area contributed by atoms with Crippen LogP contribution in [0.3, 0.4) is 0 Å². The average molecular weight is 299 g/mol. The van der Waals surface area contributed by atoms with Crippen LogP contribution in [0.15, 0.2) is 30.3 Å². The molecule has 1 aromatic carbocycles. The van der Waals surface area contributed by atoms with E-state index in [4.69, 9.17) is 5.73 Å². The zero-order valence-corrected chi connectivity index (χ0v) is 12.4. The molecule has 2 N–H and O–H groups in total. The number of hydrogen-bond donors (Lipinski definition) is 1. The Hall–Kier alpha value is -2.47. The number of aryl methyl sites for hydroxylation is 2. The van der Waals surface area contributed by atoms with Crippen molar-refractivity contribution in [3.63, 3.8) is 0 Å². The number of thiophene rings is 1. The molecule has 0 amide bonds. The van der Waals surface area contributed by atoms with Gasteiger partial charge in [-0.2, -0.15) is 0 Å². The van der Waals surface area contributed by atoms with Crippen LogP contribution >= 0.6 is 11.3 Å². The second-order valence-corrected chi connectivity index (χ2v) is 5.91. The molecule has 0 fully saturated rings. The Morgan fingerprint density at radius 1 is 1.24 bits per heavy atom. The average Bonchev–Trinajstić information content (AvgIpc) is 2.76. The summed E-state index contributed by atoms with van der Waals surface area (Å²) in [4.78, 5) is 16.6. The first-order valence-corrected chi connectivity index (χ1v) is 7.20. The van der Waals surface area contributed by atoms with Crippen LogP contribution in [0.1, 0.15) is 11.3 Å². The fraction of sp³-hybridized carbons (Fsp3) is 0.133. The molecule has 0 radical (unpaired) electrons. The summed E-state index contributed by atoms with van der Waals surface area (Å²) in [6, 6.07) is 8.43. The Bertz CT molecular complexity index is 853. The van der Waals surface area contributed by atoms with Gasteiger partial charge in [-0.3, -0.25) is 10.1 Å². The molecular weight excluding hydrogens is 286 g/mol. The van der Waals surface area contributed by atoms with E-state index in [0.29, 0.717) is 5.69 Å². The Morgan fingerprint density at radius 2 is 1.90 bits per heavy atom. The highest BCUT2D eigenvalue weighted by atomic mass is 32.1. The number of nitro benzene ring substituents is 1. The summed E-state index contributed by atoms with van der Waals surface area (Å²) in [5, 5.41) is 11.7. The van der Waals surface area contributed by atoms with Gasteiger partial charge in [-0.1, -0.05) is 0 Å². The highest BCUT2D eigenvalue weighted by Gasteiger charge is 2.15. The van der Waals surface area contributed by atoms with Crippen LogP contribution in [0.5, 0.6) is 0 Å². The third kappa shape index (κ3) is 2.23. The van der Waals surface area contributed by atoms with Crippen LogP contribution in [0, 0.1) is 24.0 Å². The van der Waals surface area contributed by atoms with E-state index in [9.17, 15) is 10.1 Å². The number of nitrogen functional groups attached to an aromatic ring is 1. The quantitative estimate of drug-likeness (QED) is 0.571. The summed E-state index contributed by atoms with van der Waals surface area (Å²) in [6.07, 6.45) is 0. The molecule has 0 saturated carbocycles. The molecule has 0 aliphatic heterocycles. The highest BCUT2D eigenvalue weighted by molar-refractivity contribution is 7.22. The van der Waals surface area contributed by atoms with E-state index < -0.39 is 4.92 Å². The normalized spacial score (nSPS) is 11.0. The van der Waals surface area contributed by atoms with E-state index >= 15 is 0 Å². The summed E-state index contributed by atoms with van der Waals surface area (Å²) < 4.78 is 0. The standard InChI is InChI=1S/C15H13N3O2S/c1-8-7-9(2)17-15-12(8)13(16)14(21-15)10-3-5-11(6-4-10)18(19)20/h3-7H,16H2,1-2H3. The SMILES string of the molecule is Cc1cc(C)c2c(N)c(-c3ccc([N+](=O)[O-])cc3)sc2n1. The summed E-state index contributed by atoms with van der Waals surface area (Å²) in [5.41, 5.74) is 9.94. The molecule has 2 aromatic heterocycles. The van der Waals surface area contributed by atoms with Crippen molar-refractivity contribution in [3.8, 4) is 10.4 Å². The molecule has 21 heavy (non-hydrogen) atoms. The molecule has 5 nitrogen and oxygen atoms in total. The third-order valence-electron chi connectivity index (χ3n) is 3.36. The zero-order chi connectivity index (χ0) is 15.1. The van der Waals surface area contributed by atoms with Crippen molar-refractivity contribution >= 4 is 32.9 Å². The lowest BCUT2D eigenvalue weighted by Crippen LogP contribution is -1.90. The number of pyridine rings is 1. The van der Waals surface area contributed by atoms with Gasteiger partial charge in [-0.05, 0) is 43.2 Å². The first-order chi connectivity index (χ1) is 9.97. The summed E-state index contributed by atoms with van der Waals surface area (Å²) in [5.74, 6) is 0. The molecule has 3 rings (SSSR count). The van der Waals surface area contributed by atoms with Crippen molar-refractivity contribution in [2.75, 3.05) is 5.73 Å². The zero-order valence-electron chi connectivity index (χ0n) is 11.6. The number of nitro groups is 1. The Morgan fingerprint density at radius 3 is 2.52 bits per heavy atom. The predicted molar refractivity (Wildman–Crippen MR) is 85.6 cm³/mol. The lowest BCUT2D eigenvalue weighted by Gasteiger charge is -2.01. The Balaban J connectivity index is 2.18. The van der Waals surface area contributed by atoms with Crippen LogP contribution in [0.25, 0.3) is 20.7 Å². The van der Waals surface area contributed by atoms with E-state index in [1.54, 1.807) is 12.1 Å². The second-order valence-electron chi connectivity index (χ2n) is 4.91. The largest absolute Gasteiger partial charge is 0.397 e. The van der Waals surface area contributed by atoms with Gasteiger partial charge >= 0.3 is 0 Å². The van der Waals surface area contributed by atoms with Crippen LogP contribution in [0.4, 0.5) is 11.4 Å². The maximum absolute atomic E-state index is 10.7. The number of nitrogens with zero attached hydrogens (tertiary/aromatic N) is 2. The van der Waals surface area contributed by atoms with Crippen molar-refractivity contribution in [3.05, 3.63) is 51.7 Å². The fourth-order valence-electron chi connectivity index (χ4n) is 2.42. The van der Waals surface area contributed by atoms with E-state index in [1.807, 2.05) is 19.9 Å². The van der Waals surface area contributed by atoms with Crippen LogP contribution < -0.4 is 5.73 Å². The molecule has 0 atom stereocenters. The topological polar surface area (TPSA) is 82.0 Å². The third-order valence-corrected chi connectivity index (χ3v) is 4.51. The van der Waals surface area contributed by atoms with Gasteiger partial charge in [0.25, 0.3) is 5.69 Å². The first-order valence-electron chi connectivity index (χ1n) is 6.38. The van der Waals surface area contributed by atoms with Gasteiger partial charge in [0.05, 0.1) is 15.5 Å². The van der Waals surface area contributed by atoms with E-state index in [2.05, 4.69) is 4.98 Å². The molecule has 6 heteroatoms. The van der Waals surface area contributed by atoms with E-state index in [-0.39, 0.29) is 5.69 Å². The van der Waals surface area contributed by atoms with Crippen LogP contribution in [-0.4, -0.2) is 9.91 Å². The number of fused-ring (bicyclic) bond motifs is 1. The summed E-state index contributed by atoms with van der Waals surface area (Å²) >= 11 is 1.51. The van der Waals surface area contributed by atoms with Gasteiger partial charge < -0.3 is 5.73 Å². The smallest absolute Gasteiger partial charge is 0.269 e. The van der Waals surface area contributed by atoms with Crippen molar-refractivity contribution in [1.29, 1.82) is 0 Å². The lowest BCUT2D eigenvalue weighted by atomic mass is 10.1. The van der Waals surface area contributed by atoms with Crippen molar-refractivity contribution in [2.24, 2.45) is 0 Å². The van der Waals surface area contributed by atoms with Gasteiger partial charge in [0.15, 0.2) is 0 Å².